The van der Waals surface area contributed by atoms with Gasteiger partial charge in [0.05, 0.1) is 11.8 Å². The number of esters is 1. The lowest BCUT2D eigenvalue weighted by Gasteiger charge is -2.18. The second-order valence-electron chi connectivity index (χ2n) is 6.98. The molecule has 0 unspecified atom stereocenters. The average molecular weight is 355 g/mol. The number of carbonyl (C=O) groups excluding carboxylic acids is 2. The highest BCUT2D eigenvalue weighted by molar-refractivity contribution is 5.97. The van der Waals surface area contributed by atoms with Gasteiger partial charge in [-0.15, -0.1) is 0 Å². The van der Waals surface area contributed by atoms with Crippen molar-refractivity contribution in [1.29, 1.82) is 0 Å². The van der Waals surface area contributed by atoms with Crippen LogP contribution in [0.3, 0.4) is 0 Å². The van der Waals surface area contributed by atoms with Gasteiger partial charge in [-0.3, -0.25) is 4.79 Å². The van der Waals surface area contributed by atoms with Gasteiger partial charge < -0.3 is 10.1 Å². The molecule has 0 saturated carbocycles. The van der Waals surface area contributed by atoms with Crippen molar-refractivity contribution in [1.82, 2.24) is 9.78 Å². The molecule has 1 N–H and O–H groups in total. The van der Waals surface area contributed by atoms with E-state index in [1.165, 1.54) is 17.5 Å². The topological polar surface area (TPSA) is 73.2 Å². The third-order valence-electron chi connectivity index (χ3n) is 4.65. The number of aromatic nitrogens is 2. The number of nitrogens with one attached hydrogen (secondary N) is 1. The Balaban J connectivity index is 1.63. The third-order valence-corrected chi connectivity index (χ3v) is 4.65. The Morgan fingerprint density at radius 1 is 1.12 bits per heavy atom. The summed E-state index contributed by atoms with van der Waals surface area (Å²) >= 11 is 0. The lowest BCUT2D eigenvalue weighted by atomic mass is 9.90. The molecule has 0 radical (unpaired) electrons. The highest BCUT2D eigenvalue weighted by Gasteiger charge is 2.21. The fourth-order valence-electron chi connectivity index (χ4n) is 3.20. The third kappa shape index (κ3) is 3.95. The van der Waals surface area contributed by atoms with E-state index in [0.717, 1.165) is 19.3 Å². The van der Waals surface area contributed by atoms with Crippen LogP contribution in [0.2, 0.25) is 0 Å². The van der Waals surface area contributed by atoms with Crippen LogP contribution in [-0.4, -0.2) is 27.8 Å². The first-order valence-corrected chi connectivity index (χ1v) is 9.13. The number of fused-ring (bicyclic) bond motifs is 1. The van der Waals surface area contributed by atoms with Gasteiger partial charge in [0.15, 0.2) is 6.10 Å². The summed E-state index contributed by atoms with van der Waals surface area (Å²) in [5.74, 6) is -0.265. The first kappa shape index (κ1) is 18.2. The van der Waals surface area contributed by atoms with E-state index < -0.39 is 12.1 Å². The second kappa shape index (κ2) is 7.72. The van der Waals surface area contributed by atoms with Gasteiger partial charge in [-0.1, -0.05) is 6.07 Å². The van der Waals surface area contributed by atoms with Crippen LogP contribution in [0.1, 0.15) is 61.1 Å². The van der Waals surface area contributed by atoms with E-state index in [1.54, 1.807) is 29.9 Å². The maximum absolute atomic E-state index is 12.4. The monoisotopic (exact) mass is 355 g/mol. The molecule has 1 aromatic carbocycles. The Hall–Kier alpha value is -2.63. The molecule has 0 spiro atoms. The van der Waals surface area contributed by atoms with Gasteiger partial charge in [0.2, 0.25) is 0 Å². The van der Waals surface area contributed by atoms with E-state index in [9.17, 15) is 9.59 Å². The van der Waals surface area contributed by atoms with Crippen molar-refractivity contribution in [2.75, 3.05) is 5.32 Å². The Labute approximate surface area is 153 Å². The predicted octanol–water partition coefficient (Wildman–Crippen LogP) is 3.53. The van der Waals surface area contributed by atoms with Crippen LogP contribution in [0.5, 0.6) is 0 Å². The van der Waals surface area contributed by atoms with Crippen LogP contribution in [0.15, 0.2) is 30.5 Å². The number of aryl methyl sites for hydroxylation is 2. The highest BCUT2D eigenvalue weighted by atomic mass is 16.5. The van der Waals surface area contributed by atoms with Crippen molar-refractivity contribution >= 4 is 17.7 Å². The van der Waals surface area contributed by atoms with Crippen LogP contribution in [0.25, 0.3) is 0 Å². The number of carbonyl (C=O) groups is 2. The van der Waals surface area contributed by atoms with Gasteiger partial charge in [0.1, 0.15) is 5.82 Å². The zero-order chi connectivity index (χ0) is 18.7. The molecule has 138 valence electrons. The predicted molar refractivity (Wildman–Crippen MR) is 99.2 cm³/mol. The minimum Gasteiger partial charge on any atom is -0.449 e. The van der Waals surface area contributed by atoms with Crippen LogP contribution < -0.4 is 5.32 Å². The first-order valence-electron chi connectivity index (χ1n) is 9.13. The van der Waals surface area contributed by atoms with Crippen LogP contribution in [0, 0.1) is 0 Å². The molecule has 1 aromatic heterocycles. The molecule has 1 heterocycles. The molecule has 0 fully saturated rings. The van der Waals surface area contributed by atoms with E-state index in [2.05, 4.69) is 10.4 Å². The van der Waals surface area contributed by atoms with Crippen molar-refractivity contribution in [3.63, 3.8) is 0 Å². The summed E-state index contributed by atoms with van der Waals surface area (Å²) < 4.78 is 7.06. The Bertz CT molecular complexity index is 810. The van der Waals surface area contributed by atoms with Gasteiger partial charge in [-0.25, -0.2) is 9.48 Å². The van der Waals surface area contributed by atoms with Gasteiger partial charge in [-0.2, -0.15) is 5.10 Å². The molecule has 6 nitrogen and oxygen atoms in total. The van der Waals surface area contributed by atoms with E-state index in [0.29, 0.717) is 11.4 Å². The molecule has 26 heavy (non-hydrogen) atoms. The first-order chi connectivity index (χ1) is 12.5. The van der Waals surface area contributed by atoms with E-state index in [-0.39, 0.29) is 11.9 Å². The molecule has 0 saturated heterocycles. The van der Waals surface area contributed by atoms with Crippen molar-refractivity contribution in [2.45, 2.75) is 58.6 Å². The van der Waals surface area contributed by atoms with Crippen LogP contribution >= 0.6 is 0 Å². The normalized spacial score (nSPS) is 14.6. The largest absolute Gasteiger partial charge is 0.449 e. The van der Waals surface area contributed by atoms with Crippen molar-refractivity contribution in [3.8, 4) is 0 Å². The van der Waals surface area contributed by atoms with E-state index in [1.807, 2.05) is 26.0 Å². The molecule has 1 atom stereocenters. The second-order valence-corrected chi connectivity index (χ2v) is 6.98. The number of rotatable bonds is 5. The zero-order valence-corrected chi connectivity index (χ0v) is 15.5. The summed E-state index contributed by atoms with van der Waals surface area (Å²) in [6.07, 6.45) is 5.13. The van der Waals surface area contributed by atoms with Crippen molar-refractivity contribution in [3.05, 3.63) is 47.2 Å². The minimum atomic E-state index is -0.894. The summed E-state index contributed by atoms with van der Waals surface area (Å²) in [5, 5.41) is 6.93. The molecule has 2 aromatic rings. The van der Waals surface area contributed by atoms with Crippen molar-refractivity contribution < 1.29 is 14.3 Å². The minimum absolute atomic E-state index is 0.119. The number of benzene rings is 1. The summed E-state index contributed by atoms with van der Waals surface area (Å²) in [6.45, 7) is 5.52. The maximum Gasteiger partial charge on any atom is 0.338 e. The molecule has 1 aliphatic rings. The van der Waals surface area contributed by atoms with Gasteiger partial charge in [0, 0.05) is 12.1 Å². The number of amides is 1. The summed E-state index contributed by atoms with van der Waals surface area (Å²) in [7, 11) is 0. The number of anilines is 1. The molecular weight excluding hydrogens is 330 g/mol. The molecular formula is C20H25N3O3. The molecule has 1 amide bonds. The molecule has 0 bridgehead atoms. The van der Waals surface area contributed by atoms with Crippen LogP contribution in [0.4, 0.5) is 5.82 Å². The summed E-state index contributed by atoms with van der Waals surface area (Å²) in [5.41, 5.74) is 3.02. The summed E-state index contributed by atoms with van der Waals surface area (Å²) in [4.78, 5) is 24.8. The summed E-state index contributed by atoms with van der Waals surface area (Å²) in [6, 6.07) is 7.52. The fraction of sp³-hybridized carbons (Fsp3) is 0.450. The van der Waals surface area contributed by atoms with Gasteiger partial charge >= 0.3 is 5.97 Å². The average Bonchev–Trinajstić information content (AvgIpc) is 3.09. The zero-order valence-electron chi connectivity index (χ0n) is 15.5. The van der Waals surface area contributed by atoms with Gasteiger partial charge in [-0.05, 0) is 69.7 Å². The fourth-order valence-corrected chi connectivity index (χ4v) is 3.20. The molecule has 1 aliphatic carbocycles. The number of hydrogen-bond acceptors (Lipinski definition) is 4. The SMILES string of the molecule is CC(C)n1nccc1NC(=O)[C@H](C)OC(=O)c1ccc2c(c1)CCCC2. The number of hydrogen-bond donors (Lipinski definition) is 1. The Morgan fingerprint density at radius 2 is 1.85 bits per heavy atom. The van der Waals surface area contributed by atoms with Crippen LogP contribution in [-0.2, 0) is 22.4 Å². The molecule has 6 heteroatoms. The maximum atomic E-state index is 12.4. The van der Waals surface area contributed by atoms with Crippen molar-refractivity contribution in [2.24, 2.45) is 0 Å². The Morgan fingerprint density at radius 3 is 2.58 bits per heavy atom. The number of ether oxygens (including phenoxy) is 1. The smallest absolute Gasteiger partial charge is 0.338 e. The standard InChI is InChI=1S/C20H25N3O3/c1-13(2)23-18(10-11-21-23)22-19(24)14(3)26-20(25)17-9-8-15-6-4-5-7-16(15)12-17/h8-14H,4-7H2,1-3H3,(H,22,24)/t14-/m0/s1. The highest BCUT2D eigenvalue weighted by Crippen LogP contribution is 2.23. The van der Waals surface area contributed by atoms with E-state index in [4.69, 9.17) is 4.74 Å². The molecule has 0 aliphatic heterocycles. The van der Waals surface area contributed by atoms with E-state index >= 15 is 0 Å². The molecule has 3 rings (SSSR count). The lowest BCUT2D eigenvalue weighted by molar-refractivity contribution is -0.123. The number of nitrogens with zero attached hydrogens (tertiary/aromatic N) is 2. The quantitative estimate of drug-likeness (QED) is 0.833. The Kier molecular flexibility index (Phi) is 5.40. The van der Waals surface area contributed by atoms with Gasteiger partial charge in [0.25, 0.3) is 5.91 Å². The lowest BCUT2D eigenvalue weighted by Crippen LogP contribution is -2.31.